The Hall–Kier alpha value is -4.19. The van der Waals surface area contributed by atoms with Crippen molar-refractivity contribution in [3.63, 3.8) is 0 Å². The lowest BCUT2D eigenvalue weighted by atomic mass is 10.0. The molecule has 6 heteroatoms. The number of hydrogen-bond donors (Lipinski definition) is 0. The summed E-state index contributed by atoms with van der Waals surface area (Å²) in [6.45, 7) is 6.32. The van der Waals surface area contributed by atoms with Crippen LogP contribution in [0.25, 0.3) is 0 Å². The first-order valence-corrected chi connectivity index (χ1v) is 30.0. The van der Waals surface area contributed by atoms with E-state index >= 15 is 0 Å². The SMILES string of the molecule is CC/C=C\C/C=C\C/C=C\C/C=C\C/C=C\CCCCCCCCCCCCCCCC(=O)OCC(COC(=O)CCCCCCCCCCCCC)OC(=O)C/C=C\C/C=C\C/C=C\C/C=C\C/C=C\CC. The molecule has 0 aromatic heterocycles. The zero-order chi connectivity index (χ0) is 52.9. The largest absolute Gasteiger partial charge is 0.462 e. The summed E-state index contributed by atoms with van der Waals surface area (Å²) in [7, 11) is 0. The third-order valence-corrected chi connectivity index (χ3v) is 12.5. The lowest BCUT2D eigenvalue weighted by molar-refractivity contribution is -0.166. The molecule has 0 aliphatic carbocycles. The molecule has 0 fully saturated rings. The van der Waals surface area contributed by atoms with Crippen LogP contribution < -0.4 is 0 Å². The van der Waals surface area contributed by atoms with Crippen molar-refractivity contribution in [1.82, 2.24) is 0 Å². The first-order chi connectivity index (χ1) is 36.0. The Labute approximate surface area is 450 Å². The second-order valence-electron chi connectivity index (χ2n) is 19.5. The molecule has 0 heterocycles. The number of allylic oxidation sites excluding steroid dienone is 19. The molecule has 0 aliphatic rings. The smallest absolute Gasteiger partial charge is 0.310 e. The number of hydrogen-bond acceptors (Lipinski definition) is 6. The molecule has 0 rings (SSSR count). The summed E-state index contributed by atoms with van der Waals surface area (Å²) in [5.41, 5.74) is 0. The normalized spacial score (nSPS) is 13.0. The molecule has 73 heavy (non-hydrogen) atoms. The van der Waals surface area contributed by atoms with Gasteiger partial charge in [-0.3, -0.25) is 14.4 Å². The van der Waals surface area contributed by atoms with Gasteiger partial charge in [0.05, 0.1) is 6.42 Å². The van der Waals surface area contributed by atoms with Crippen LogP contribution in [-0.4, -0.2) is 37.2 Å². The molecule has 0 bridgehead atoms. The van der Waals surface area contributed by atoms with Gasteiger partial charge >= 0.3 is 17.9 Å². The second kappa shape index (κ2) is 60.4. The molecule has 414 valence electrons. The van der Waals surface area contributed by atoms with Gasteiger partial charge in [0.15, 0.2) is 6.10 Å². The van der Waals surface area contributed by atoms with E-state index in [9.17, 15) is 14.4 Å². The molecule has 0 saturated heterocycles. The number of unbranched alkanes of at least 4 members (excludes halogenated alkanes) is 23. The molecule has 0 aliphatic heterocycles. The molecule has 1 unspecified atom stereocenters. The van der Waals surface area contributed by atoms with E-state index in [0.717, 1.165) is 103 Å². The van der Waals surface area contributed by atoms with Gasteiger partial charge in [0.25, 0.3) is 0 Å². The van der Waals surface area contributed by atoms with Crippen molar-refractivity contribution in [1.29, 1.82) is 0 Å². The Kier molecular flexibility index (Phi) is 56.9. The predicted octanol–water partition coefficient (Wildman–Crippen LogP) is 20.4. The number of ether oxygens (including phenoxy) is 3. The van der Waals surface area contributed by atoms with Crippen molar-refractivity contribution in [3.05, 3.63) is 122 Å². The fraction of sp³-hybridized carbons (Fsp3) is 0.657. The second-order valence-corrected chi connectivity index (χ2v) is 19.5. The summed E-state index contributed by atoms with van der Waals surface area (Å²) in [6, 6.07) is 0. The van der Waals surface area contributed by atoms with E-state index in [-0.39, 0.29) is 31.6 Å². The van der Waals surface area contributed by atoms with Crippen LogP contribution in [0.15, 0.2) is 122 Å². The van der Waals surface area contributed by atoms with E-state index in [1.807, 2.05) is 6.08 Å². The van der Waals surface area contributed by atoms with E-state index in [4.69, 9.17) is 14.2 Å². The van der Waals surface area contributed by atoms with E-state index < -0.39 is 12.1 Å². The van der Waals surface area contributed by atoms with Crippen LogP contribution in [0.3, 0.4) is 0 Å². The number of esters is 3. The van der Waals surface area contributed by atoms with Crippen LogP contribution in [0.4, 0.5) is 0 Å². The van der Waals surface area contributed by atoms with Crippen molar-refractivity contribution in [2.45, 2.75) is 271 Å². The van der Waals surface area contributed by atoms with Crippen LogP contribution in [0.2, 0.25) is 0 Å². The highest BCUT2D eigenvalue weighted by atomic mass is 16.6. The topological polar surface area (TPSA) is 78.9 Å². The fourth-order valence-electron chi connectivity index (χ4n) is 8.07. The Morgan fingerprint density at radius 3 is 0.904 bits per heavy atom. The summed E-state index contributed by atoms with van der Waals surface area (Å²) in [5, 5.41) is 0. The molecule has 6 nitrogen and oxygen atoms in total. The summed E-state index contributed by atoms with van der Waals surface area (Å²) in [5.74, 6) is -1.05. The Bertz CT molecular complexity index is 1540. The summed E-state index contributed by atoms with van der Waals surface area (Å²) in [6.07, 6.45) is 83.8. The fourth-order valence-corrected chi connectivity index (χ4v) is 8.07. The van der Waals surface area contributed by atoms with Crippen molar-refractivity contribution in [2.24, 2.45) is 0 Å². The molecule has 0 amide bonds. The molecule has 0 spiro atoms. The van der Waals surface area contributed by atoms with Gasteiger partial charge in [0.2, 0.25) is 0 Å². The zero-order valence-electron chi connectivity index (χ0n) is 47.4. The summed E-state index contributed by atoms with van der Waals surface area (Å²) in [4.78, 5) is 38.1. The first-order valence-electron chi connectivity index (χ1n) is 30.0. The molecule has 0 radical (unpaired) electrons. The van der Waals surface area contributed by atoms with Crippen molar-refractivity contribution < 1.29 is 28.6 Å². The van der Waals surface area contributed by atoms with Crippen LogP contribution in [-0.2, 0) is 28.6 Å². The highest BCUT2D eigenvalue weighted by Gasteiger charge is 2.19. The van der Waals surface area contributed by atoms with Crippen molar-refractivity contribution in [3.8, 4) is 0 Å². The first kappa shape index (κ1) is 68.8. The van der Waals surface area contributed by atoms with Gasteiger partial charge in [0.1, 0.15) is 13.2 Å². The lowest BCUT2D eigenvalue weighted by Crippen LogP contribution is -2.30. The molecule has 0 saturated carbocycles. The average molecular weight is 1010 g/mol. The maximum absolute atomic E-state index is 12.8. The van der Waals surface area contributed by atoms with Gasteiger partial charge in [-0.1, -0.05) is 277 Å². The average Bonchev–Trinajstić information content (AvgIpc) is 3.39. The summed E-state index contributed by atoms with van der Waals surface area (Å²) < 4.78 is 16.7. The Morgan fingerprint density at radius 2 is 0.575 bits per heavy atom. The molecular formula is C67H110O6. The van der Waals surface area contributed by atoms with Crippen LogP contribution in [0, 0.1) is 0 Å². The standard InChI is InChI=1S/C67H110O6/c1-4-7-10-13-16-19-22-24-26-27-28-29-30-31-32-33-34-35-36-37-38-39-41-42-45-48-51-54-57-60-66(69)72-63-64(62-71-65(68)59-56-53-50-47-44-21-18-15-12-9-6-3)73-67(70)61-58-55-52-49-46-43-40-25-23-20-17-14-11-8-5-2/h7-8,10-11,16-17,19-20,24-26,28-29,31-32,40,46,49,55,58,64H,4-6,9,12-15,18,21-23,27,30,33-39,41-45,47-48,50-54,56-57,59-63H2,1-3H3/b10-7-,11-8-,19-16-,20-17-,26-24-,29-28-,32-31-,40-25-,49-46-,58-55-. The van der Waals surface area contributed by atoms with E-state index in [2.05, 4.69) is 130 Å². The quantitative estimate of drug-likeness (QED) is 0.0261. The highest BCUT2D eigenvalue weighted by molar-refractivity contribution is 5.72. The maximum Gasteiger partial charge on any atom is 0.310 e. The number of carbonyl (C=O) groups is 3. The molecular weight excluding hydrogens is 901 g/mol. The van der Waals surface area contributed by atoms with Gasteiger partial charge in [-0.15, -0.1) is 0 Å². The third-order valence-electron chi connectivity index (χ3n) is 12.5. The van der Waals surface area contributed by atoms with Gasteiger partial charge in [0, 0.05) is 12.8 Å². The van der Waals surface area contributed by atoms with Gasteiger partial charge < -0.3 is 14.2 Å². The highest BCUT2D eigenvalue weighted by Crippen LogP contribution is 2.15. The van der Waals surface area contributed by atoms with E-state index in [1.165, 1.54) is 122 Å². The molecule has 0 N–H and O–H groups in total. The minimum atomic E-state index is -0.833. The summed E-state index contributed by atoms with van der Waals surface area (Å²) >= 11 is 0. The van der Waals surface area contributed by atoms with Crippen LogP contribution in [0.1, 0.15) is 265 Å². The molecule has 0 aromatic carbocycles. The minimum absolute atomic E-state index is 0.0954. The van der Waals surface area contributed by atoms with E-state index in [0.29, 0.717) is 12.8 Å². The Balaban J connectivity index is 4.28. The third kappa shape index (κ3) is 58.6. The maximum atomic E-state index is 12.8. The Morgan fingerprint density at radius 1 is 0.301 bits per heavy atom. The van der Waals surface area contributed by atoms with Crippen LogP contribution in [0.5, 0.6) is 0 Å². The van der Waals surface area contributed by atoms with Gasteiger partial charge in [-0.05, 0) is 89.9 Å². The lowest BCUT2D eigenvalue weighted by Gasteiger charge is -2.18. The zero-order valence-corrected chi connectivity index (χ0v) is 47.4. The minimum Gasteiger partial charge on any atom is -0.462 e. The van der Waals surface area contributed by atoms with Gasteiger partial charge in [-0.25, -0.2) is 0 Å². The molecule has 1 atom stereocenters. The predicted molar refractivity (Wildman–Crippen MR) is 316 cm³/mol. The van der Waals surface area contributed by atoms with Gasteiger partial charge in [-0.2, -0.15) is 0 Å². The monoisotopic (exact) mass is 1010 g/mol. The van der Waals surface area contributed by atoms with E-state index in [1.54, 1.807) is 6.08 Å². The van der Waals surface area contributed by atoms with Crippen molar-refractivity contribution in [2.75, 3.05) is 13.2 Å². The van der Waals surface area contributed by atoms with Crippen molar-refractivity contribution >= 4 is 17.9 Å². The van der Waals surface area contributed by atoms with Crippen LogP contribution >= 0.6 is 0 Å². The molecule has 0 aromatic rings. The number of rotatable bonds is 53. The number of carbonyl (C=O) groups excluding carboxylic acids is 3.